The number of rotatable bonds is 1. The van der Waals surface area contributed by atoms with Crippen molar-refractivity contribution in [2.24, 2.45) is 5.41 Å². The van der Waals surface area contributed by atoms with Crippen LogP contribution < -0.4 is 4.74 Å². The van der Waals surface area contributed by atoms with Crippen LogP contribution in [0.4, 0.5) is 0 Å². The van der Waals surface area contributed by atoms with Gasteiger partial charge in [0.25, 0.3) is 0 Å². The Bertz CT molecular complexity index is 597. The Morgan fingerprint density at radius 2 is 1.78 bits per heavy atom. The molecule has 0 fully saturated rings. The standard InChI is InChI=1S/C15H15BrO2/c1-15(2,3)14(17)18-12-9-8-10-6-4-5-7-11(10)13(12)16/h4-9H,1-3H3. The Balaban J connectivity index is 2.41. The summed E-state index contributed by atoms with van der Waals surface area (Å²) >= 11 is 3.50. The van der Waals surface area contributed by atoms with Gasteiger partial charge in [-0.05, 0) is 53.5 Å². The summed E-state index contributed by atoms with van der Waals surface area (Å²) < 4.78 is 6.25. The van der Waals surface area contributed by atoms with Gasteiger partial charge in [-0.15, -0.1) is 0 Å². The quantitative estimate of drug-likeness (QED) is 0.570. The van der Waals surface area contributed by atoms with Crippen LogP contribution in [0, 0.1) is 5.41 Å². The van der Waals surface area contributed by atoms with Crippen molar-refractivity contribution < 1.29 is 9.53 Å². The van der Waals surface area contributed by atoms with E-state index in [9.17, 15) is 4.79 Å². The molecule has 0 aliphatic heterocycles. The minimum absolute atomic E-state index is 0.238. The molecule has 0 saturated heterocycles. The summed E-state index contributed by atoms with van der Waals surface area (Å²) in [4.78, 5) is 11.9. The van der Waals surface area contributed by atoms with Crippen molar-refractivity contribution in [2.45, 2.75) is 20.8 Å². The Morgan fingerprint density at radius 3 is 2.44 bits per heavy atom. The van der Waals surface area contributed by atoms with Crippen LogP contribution in [0.5, 0.6) is 5.75 Å². The van der Waals surface area contributed by atoms with Crippen LogP contribution in [0.25, 0.3) is 10.8 Å². The topological polar surface area (TPSA) is 26.3 Å². The molecule has 0 radical (unpaired) electrons. The lowest BCUT2D eigenvalue weighted by Gasteiger charge is -2.17. The van der Waals surface area contributed by atoms with Crippen molar-refractivity contribution in [3.63, 3.8) is 0 Å². The van der Waals surface area contributed by atoms with E-state index in [2.05, 4.69) is 15.9 Å². The zero-order chi connectivity index (χ0) is 13.3. The highest BCUT2D eigenvalue weighted by atomic mass is 79.9. The number of esters is 1. The molecule has 0 heterocycles. The van der Waals surface area contributed by atoms with Crippen LogP contribution in [0.1, 0.15) is 20.8 Å². The lowest BCUT2D eigenvalue weighted by atomic mass is 9.97. The average molecular weight is 307 g/mol. The van der Waals surface area contributed by atoms with E-state index in [1.807, 2.05) is 57.2 Å². The smallest absolute Gasteiger partial charge is 0.316 e. The second-order valence-corrected chi connectivity index (χ2v) is 6.03. The van der Waals surface area contributed by atoms with Gasteiger partial charge in [0, 0.05) is 0 Å². The first kappa shape index (κ1) is 13.1. The molecule has 0 atom stereocenters. The monoisotopic (exact) mass is 306 g/mol. The average Bonchev–Trinajstić information content (AvgIpc) is 2.32. The predicted molar refractivity (Wildman–Crippen MR) is 76.7 cm³/mol. The summed E-state index contributed by atoms with van der Waals surface area (Å²) in [5.41, 5.74) is -0.509. The molecule has 0 amide bonds. The van der Waals surface area contributed by atoms with E-state index >= 15 is 0 Å². The molecule has 3 heteroatoms. The molecule has 0 aliphatic carbocycles. The van der Waals surface area contributed by atoms with E-state index in [0.717, 1.165) is 15.2 Å². The lowest BCUT2D eigenvalue weighted by Crippen LogP contribution is -2.25. The van der Waals surface area contributed by atoms with Crippen LogP contribution in [-0.2, 0) is 4.79 Å². The van der Waals surface area contributed by atoms with Crippen LogP contribution in [0.2, 0.25) is 0 Å². The number of hydrogen-bond donors (Lipinski definition) is 0. The molecule has 0 aliphatic rings. The summed E-state index contributed by atoms with van der Waals surface area (Å²) in [7, 11) is 0. The molecule has 2 nitrogen and oxygen atoms in total. The van der Waals surface area contributed by atoms with Gasteiger partial charge < -0.3 is 4.74 Å². The third kappa shape index (κ3) is 2.56. The molecule has 0 unspecified atom stereocenters. The fourth-order valence-corrected chi connectivity index (χ4v) is 2.12. The maximum absolute atomic E-state index is 11.9. The van der Waals surface area contributed by atoms with Crippen molar-refractivity contribution >= 4 is 32.7 Å². The van der Waals surface area contributed by atoms with Crippen molar-refractivity contribution in [3.05, 3.63) is 40.9 Å². The number of hydrogen-bond acceptors (Lipinski definition) is 2. The first-order valence-electron chi connectivity index (χ1n) is 5.79. The van der Waals surface area contributed by atoms with Gasteiger partial charge in [0.2, 0.25) is 0 Å². The van der Waals surface area contributed by atoms with E-state index < -0.39 is 5.41 Å². The van der Waals surface area contributed by atoms with Gasteiger partial charge in [-0.3, -0.25) is 4.79 Å². The predicted octanol–water partition coefficient (Wildman–Crippen LogP) is 4.55. The molecule has 0 aromatic heterocycles. The molecule has 0 saturated carbocycles. The van der Waals surface area contributed by atoms with Crippen molar-refractivity contribution in [3.8, 4) is 5.75 Å². The summed E-state index contributed by atoms with van der Waals surface area (Å²) in [6.07, 6.45) is 0. The van der Waals surface area contributed by atoms with Crippen molar-refractivity contribution in [1.29, 1.82) is 0 Å². The van der Waals surface area contributed by atoms with Gasteiger partial charge in [-0.1, -0.05) is 30.3 Å². The fourth-order valence-electron chi connectivity index (χ4n) is 1.55. The third-order valence-corrected chi connectivity index (χ3v) is 3.46. The molecular weight excluding hydrogens is 292 g/mol. The number of fused-ring (bicyclic) bond motifs is 1. The van der Waals surface area contributed by atoms with E-state index in [1.54, 1.807) is 0 Å². The first-order valence-corrected chi connectivity index (χ1v) is 6.58. The summed E-state index contributed by atoms with van der Waals surface area (Å²) in [5, 5.41) is 2.15. The highest BCUT2D eigenvalue weighted by molar-refractivity contribution is 9.10. The molecular formula is C15H15BrO2. The summed E-state index contributed by atoms with van der Waals surface area (Å²) in [5.74, 6) is 0.326. The number of ether oxygens (including phenoxy) is 1. The van der Waals surface area contributed by atoms with Crippen LogP contribution in [0.3, 0.4) is 0 Å². The molecule has 0 bridgehead atoms. The van der Waals surface area contributed by atoms with E-state index in [-0.39, 0.29) is 5.97 Å². The number of benzene rings is 2. The summed E-state index contributed by atoms with van der Waals surface area (Å²) in [6, 6.07) is 11.7. The molecule has 18 heavy (non-hydrogen) atoms. The second-order valence-electron chi connectivity index (χ2n) is 5.24. The normalized spacial score (nSPS) is 11.6. The number of carbonyl (C=O) groups is 1. The molecule has 0 N–H and O–H groups in total. The van der Waals surface area contributed by atoms with Crippen molar-refractivity contribution in [1.82, 2.24) is 0 Å². The number of carbonyl (C=O) groups excluding carboxylic acids is 1. The molecule has 2 aromatic carbocycles. The van der Waals surface area contributed by atoms with E-state index in [0.29, 0.717) is 5.75 Å². The summed E-state index contributed by atoms with van der Waals surface area (Å²) in [6.45, 7) is 5.51. The maximum Gasteiger partial charge on any atom is 0.316 e. The largest absolute Gasteiger partial charge is 0.425 e. The van der Waals surface area contributed by atoms with Crippen LogP contribution in [0.15, 0.2) is 40.9 Å². The molecule has 2 aromatic rings. The third-order valence-electron chi connectivity index (χ3n) is 2.64. The first-order chi connectivity index (χ1) is 8.39. The fraction of sp³-hybridized carbons (Fsp3) is 0.267. The van der Waals surface area contributed by atoms with Gasteiger partial charge in [0.15, 0.2) is 0 Å². The maximum atomic E-state index is 11.9. The second kappa shape index (κ2) is 4.73. The van der Waals surface area contributed by atoms with E-state index in [1.165, 1.54) is 0 Å². The van der Waals surface area contributed by atoms with Gasteiger partial charge in [-0.2, -0.15) is 0 Å². The SMILES string of the molecule is CC(C)(C)C(=O)Oc1ccc2ccccc2c1Br. The van der Waals surface area contributed by atoms with Crippen LogP contribution >= 0.6 is 15.9 Å². The van der Waals surface area contributed by atoms with Crippen molar-refractivity contribution in [2.75, 3.05) is 0 Å². The van der Waals surface area contributed by atoms with Gasteiger partial charge in [0.05, 0.1) is 9.89 Å². The Hall–Kier alpha value is -1.35. The van der Waals surface area contributed by atoms with Gasteiger partial charge in [-0.25, -0.2) is 0 Å². The lowest BCUT2D eigenvalue weighted by molar-refractivity contribution is -0.143. The Kier molecular flexibility index (Phi) is 3.44. The zero-order valence-electron chi connectivity index (χ0n) is 10.7. The van der Waals surface area contributed by atoms with Gasteiger partial charge in [0.1, 0.15) is 5.75 Å². The zero-order valence-corrected chi connectivity index (χ0v) is 12.2. The molecule has 94 valence electrons. The van der Waals surface area contributed by atoms with E-state index in [4.69, 9.17) is 4.74 Å². The molecule has 0 spiro atoms. The minimum Gasteiger partial charge on any atom is -0.425 e. The van der Waals surface area contributed by atoms with Gasteiger partial charge >= 0.3 is 5.97 Å². The highest BCUT2D eigenvalue weighted by Gasteiger charge is 2.24. The van der Waals surface area contributed by atoms with Crippen LogP contribution in [-0.4, -0.2) is 5.97 Å². The Labute approximate surface area is 115 Å². The highest BCUT2D eigenvalue weighted by Crippen LogP contribution is 2.34. The Morgan fingerprint density at radius 1 is 1.11 bits per heavy atom. The molecule has 2 rings (SSSR count). The minimum atomic E-state index is -0.509. The number of halogens is 1.